The highest BCUT2D eigenvalue weighted by atomic mass is 16.2. The van der Waals surface area contributed by atoms with Crippen molar-refractivity contribution < 1.29 is 9.59 Å². The summed E-state index contributed by atoms with van der Waals surface area (Å²) in [7, 11) is 0. The Morgan fingerprint density at radius 1 is 0.962 bits per heavy atom. The highest BCUT2D eigenvalue weighted by Gasteiger charge is 2.47. The van der Waals surface area contributed by atoms with Gasteiger partial charge in [0.05, 0.1) is 5.41 Å². The molecule has 1 saturated heterocycles. The van der Waals surface area contributed by atoms with E-state index in [-0.39, 0.29) is 11.8 Å². The van der Waals surface area contributed by atoms with Gasteiger partial charge >= 0.3 is 0 Å². The number of hydrogen-bond donors (Lipinski definition) is 0. The maximum atomic E-state index is 13.2. The molecule has 0 spiro atoms. The summed E-state index contributed by atoms with van der Waals surface area (Å²) in [5, 5.41) is 0. The second-order valence-electron chi connectivity index (χ2n) is 7.49. The van der Waals surface area contributed by atoms with Gasteiger partial charge in [0.25, 0.3) is 0 Å². The lowest BCUT2D eigenvalue weighted by Crippen LogP contribution is -2.53. The number of likely N-dealkylation sites (tertiary alicyclic amines) is 1. The van der Waals surface area contributed by atoms with E-state index in [4.69, 9.17) is 0 Å². The molecule has 1 unspecified atom stereocenters. The van der Waals surface area contributed by atoms with Crippen molar-refractivity contribution in [3.8, 4) is 0 Å². The first-order valence-electron chi connectivity index (χ1n) is 10.4. The second kappa shape index (κ2) is 10.4. The molecule has 1 aliphatic rings. The molecule has 1 fully saturated rings. The third-order valence-electron chi connectivity index (χ3n) is 5.73. The van der Waals surface area contributed by atoms with Crippen LogP contribution in [0, 0.1) is 0 Å². The van der Waals surface area contributed by atoms with Crippen molar-refractivity contribution in [2.45, 2.75) is 89.9 Å². The van der Waals surface area contributed by atoms with E-state index in [1.54, 1.807) is 12.4 Å². The molecule has 0 aromatic carbocycles. The first-order chi connectivity index (χ1) is 12.7. The van der Waals surface area contributed by atoms with Gasteiger partial charge in [-0.05, 0) is 37.5 Å². The lowest BCUT2D eigenvalue weighted by atomic mass is 9.70. The molecule has 2 heterocycles. The SMILES string of the molecule is CCCCCCCCCCC1(c2ccncc2)CCC(=O)N(CC)C1=O. The number of amides is 2. The molecule has 4 nitrogen and oxygen atoms in total. The van der Waals surface area contributed by atoms with Crippen molar-refractivity contribution in [3.05, 3.63) is 30.1 Å². The Hall–Kier alpha value is -1.71. The minimum Gasteiger partial charge on any atom is -0.282 e. The lowest BCUT2D eigenvalue weighted by molar-refractivity contribution is -0.153. The average molecular weight is 359 g/mol. The molecule has 0 N–H and O–H groups in total. The van der Waals surface area contributed by atoms with Gasteiger partial charge < -0.3 is 0 Å². The molecular weight excluding hydrogens is 324 g/mol. The molecule has 0 saturated carbocycles. The number of pyridine rings is 1. The molecular formula is C22H34N2O2. The zero-order valence-electron chi connectivity index (χ0n) is 16.5. The predicted molar refractivity (Wildman–Crippen MR) is 105 cm³/mol. The Kier molecular flexibility index (Phi) is 8.27. The molecule has 0 aliphatic carbocycles. The largest absolute Gasteiger partial charge is 0.282 e. The van der Waals surface area contributed by atoms with Crippen LogP contribution in [0.5, 0.6) is 0 Å². The van der Waals surface area contributed by atoms with Gasteiger partial charge in [-0.2, -0.15) is 0 Å². The van der Waals surface area contributed by atoms with Gasteiger partial charge in [-0.3, -0.25) is 19.5 Å². The van der Waals surface area contributed by atoms with E-state index in [2.05, 4.69) is 11.9 Å². The van der Waals surface area contributed by atoms with Gasteiger partial charge in [0.1, 0.15) is 0 Å². The molecule has 144 valence electrons. The number of unbranched alkanes of at least 4 members (excludes halogenated alkanes) is 7. The van der Waals surface area contributed by atoms with Crippen molar-refractivity contribution in [3.63, 3.8) is 0 Å². The van der Waals surface area contributed by atoms with Gasteiger partial charge in [-0.25, -0.2) is 0 Å². The topological polar surface area (TPSA) is 50.3 Å². The van der Waals surface area contributed by atoms with Crippen LogP contribution in [0.3, 0.4) is 0 Å². The monoisotopic (exact) mass is 358 g/mol. The Labute approximate surface area is 158 Å². The zero-order chi connectivity index (χ0) is 18.8. The molecule has 1 atom stereocenters. The van der Waals surface area contributed by atoms with Gasteiger partial charge in [0.15, 0.2) is 0 Å². The first-order valence-corrected chi connectivity index (χ1v) is 10.4. The van der Waals surface area contributed by atoms with Crippen molar-refractivity contribution in [1.82, 2.24) is 9.88 Å². The standard InChI is InChI=1S/C22H34N2O2/c1-3-5-6-7-8-9-10-11-15-22(19-13-17-23-18-14-19)16-12-20(25)24(4-2)21(22)26/h13-14,17-18H,3-12,15-16H2,1-2H3. The molecule has 26 heavy (non-hydrogen) atoms. The van der Waals surface area contributed by atoms with Crippen LogP contribution in [0.4, 0.5) is 0 Å². The van der Waals surface area contributed by atoms with E-state index in [0.29, 0.717) is 19.4 Å². The zero-order valence-corrected chi connectivity index (χ0v) is 16.5. The number of aromatic nitrogens is 1. The quantitative estimate of drug-likeness (QED) is 0.412. The van der Waals surface area contributed by atoms with Gasteiger partial charge in [0, 0.05) is 25.4 Å². The number of piperidine rings is 1. The Morgan fingerprint density at radius 2 is 1.58 bits per heavy atom. The highest BCUT2D eigenvalue weighted by molar-refractivity contribution is 6.03. The van der Waals surface area contributed by atoms with Gasteiger partial charge in [-0.15, -0.1) is 0 Å². The first kappa shape index (κ1) is 20.6. The Morgan fingerprint density at radius 3 is 2.19 bits per heavy atom. The molecule has 0 bridgehead atoms. The van der Waals surface area contributed by atoms with E-state index in [1.807, 2.05) is 19.1 Å². The number of nitrogens with zero attached hydrogens (tertiary/aromatic N) is 2. The summed E-state index contributed by atoms with van der Waals surface area (Å²) >= 11 is 0. The third kappa shape index (κ3) is 4.93. The summed E-state index contributed by atoms with van der Waals surface area (Å²) in [5.41, 5.74) is 0.473. The van der Waals surface area contributed by atoms with Crippen LogP contribution in [0.2, 0.25) is 0 Å². The predicted octanol–water partition coefficient (Wildman–Crippen LogP) is 5.02. The fraction of sp³-hybridized carbons (Fsp3) is 0.682. The molecule has 0 radical (unpaired) electrons. The average Bonchev–Trinajstić information content (AvgIpc) is 2.67. The summed E-state index contributed by atoms with van der Waals surface area (Å²) in [6, 6.07) is 3.90. The number of rotatable bonds is 11. The summed E-state index contributed by atoms with van der Waals surface area (Å²) < 4.78 is 0. The fourth-order valence-electron chi connectivity index (χ4n) is 4.13. The van der Waals surface area contributed by atoms with Crippen LogP contribution < -0.4 is 0 Å². The summed E-state index contributed by atoms with van der Waals surface area (Å²) in [6.07, 6.45) is 15.4. The van der Waals surface area contributed by atoms with E-state index in [0.717, 1.165) is 24.8 Å². The van der Waals surface area contributed by atoms with Crippen LogP contribution in [0.15, 0.2) is 24.5 Å². The van der Waals surface area contributed by atoms with Crippen molar-refractivity contribution in [2.24, 2.45) is 0 Å². The van der Waals surface area contributed by atoms with Crippen LogP contribution in [0.25, 0.3) is 0 Å². The molecule has 2 rings (SSSR count). The minimum absolute atomic E-state index is 0.00889. The van der Waals surface area contributed by atoms with Gasteiger partial charge in [0.2, 0.25) is 11.8 Å². The second-order valence-corrected chi connectivity index (χ2v) is 7.49. The lowest BCUT2D eigenvalue weighted by Gasteiger charge is -2.40. The highest BCUT2D eigenvalue weighted by Crippen LogP contribution is 2.40. The smallest absolute Gasteiger partial charge is 0.239 e. The summed E-state index contributed by atoms with van der Waals surface area (Å²) in [4.78, 5) is 30.9. The number of carbonyl (C=O) groups excluding carboxylic acids is 2. The molecule has 2 amide bonds. The third-order valence-corrected chi connectivity index (χ3v) is 5.73. The van der Waals surface area contributed by atoms with Crippen molar-refractivity contribution >= 4 is 11.8 Å². The maximum Gasteiger partial charge on any atom is 0.239 e. The molecule has 1 aromatic heterocycles. The maximum absolute atomic E-state index is 13.2. The Balaban J connectivity index is 1.99. The van der Waals surface area contributed by atoms with Crippen LogP contribution in [-0.2, 0) is 15.0 Å². The summed E-state index contributed by atoms with van der Waals surface area (Å²) in [5.74, 6) is -0.0384. The normalized spacial score (nSPS) is 20.6. The number of hydrogen-bond acceptors (Lipinski definition) is 3. The van der Waals surface area contributed by atoms with E-state index < -0.39 is 5.41 Å². The number of likely N-dealkylation sites (N-methyl/N-ethyl adjacent to an activating group) is 1. The van der Waals surface area contributed by atoms with E-state index in [9.17, 15) is 9.59 Å². The summed E-state index contributed by atoms with van der Waals surface area (Å²) in [6.45, 7) is 4.58. The minimum atomic E-state index is -0.547. The number of imide groups is 1. The number of carbonyl (C=O) groups is 2. The fourth-order valence-corrected chi connectivity index (χ4v) is 4.13. The molecule has 4 heteroatoms. The van der Waals surface area contributed by atoms with Crippen LogP contribution >= 0.6 is 0 Å². The van der Waals surface area contributed by atoms with Crippen molar-refractivity contribution in [2.75, 3.05) is 6.54 Å². The van der Waals surface area contributed by atoms with Crippen molar-refractivity contribution in [1.29, 1.82) is 0 Å². The van der Waals surface area contributed by atoms with Crippen LogP contribution in [-0.4, -0.2) is 28.2 Å². The van der Waals surface area contributed by atoms with Gasteiger partial charge in [-0.1, -0.05) is 58.3 Å². The van der Waals surface area contributed by atoms with E-state index >= 15 is 0 Å². The van der Waals surface area contributed by atoms with E-state index in [1.165, 1.54) is 43.4 Å². The van der Waals surface area contributed by atoms with Crippen LogP contribution in [0.1, 0.15) is 90.0 Å². The Bertz CT molecular complexity index is 573. The molecule has 1 aliphatic heterocycles. The molecule has 1 aromatic rings.